The van der Waals surface area contributed by atoms with Gasteiger partial charge in [0.05, 0.1) is 0 Å². The van der Waals surface area contributed by atoms with Gasteiger partial charge in [-0.2, -0.15) is 12.7 Å². The van der Waals surface area contributed by atoms with Gasteiger partial charge in [-0.1, -0.05) is 13.8 Å². The number of rotatable bonds is 1. The molecule has 0 saturated carbocycles. The van der Waals surface area contributed by atoms with Crippen LogP contribution in [0.4, 0.5) is 0 Å². The topological polar surface area (TPSA) is 37.4 Å². The van der Waals surface area contributed by atoms with Gasteiger partial charge in [0, 0.05) is 23.8 Å². The smallest absolute Gasteiger partial charge is 0.195 e. The highest BCUT2D eigenvalue weighted by Crippen LogP contribution is 2.24. The van der Waals surface area contributed by atoms with Crippen LogP contribution >= 0.6 is 10.7 Å². The Balaban J connectivity index is 2.68. The molecule has 0 aliphatic carbocycles. The number of halogens is 1. The molecule has 0 aromatic heterocycles. The lowest BCUT2D eigenvalue weighted by Crippen LogP contribution is -2.40. The van der Waals surface area contributed by atoms with Crippen molar-refractivity contribution in [2.45, 2.75) is 20.3 Å². The molecule has 1 aliphatic heterocycles. The maximum absolute atomic E-state index is 11.0. The van der Waals surface area contributed by atoms with Crippen molar-refractivity contribution in [3.8, 4) is 0 Å². The predicted octanol–water partition coefficient (Wildman–Crippen LogP) is 1.45. The Bertz CT molecular complexity index is 242. The third-order valence-electron chi connectivity index (χ3n) is 2.14. The van der Waals surface area contributed by atoms with E-state index in [0.717, 1.165) is 6.42 Å². The molecule has 1 aliphatic rings. The summed E-state index contributed by atoms with van der Waals surface area (Å²) in [5, 5.41) is 0. The van der Waals surface area contributed by atoms with Gasteiger partial charge < -0.3 is 0 Å². The zero-order valence-corrected chi connectivity index (χ0v) is 8.90. The first kappa shape index (κ1) is 10.3. The van der Waals surface area contributed by atoms with Crippen molar-refractivity contribution in [1.29, 1.82) is 0 Å². The standard InChI is InChI=1S/C7H14ClNO2S/c1-6-3-7(2)5-9(4-6)12(8,10)11/h6-7H,3-5H2,1-2H3/t6-,7+. The zero-order valence-electron chi connectivity index (χ0n) is 7.33. The summed E-state index contributed by atoms with van der Waals surface area (Å²) in [5.41, 5.74) is 0. The van der Waals surface area contributed by atoms with Crippen molar-refractivity contribution in [1.82, 2.24) is 4.31 Å². The van der Waals surface area contributed by atoms with Gasteiger partial charge in [0.25, 0.3) is 9.24 Å². The van der Waals surface area contributed by atoms with Crippen LogP contribution in [0.25, 0.3) is 0 Å². The summed E-state index contributed by atoms with van der Waals surface area (Å²) in [7, 11) is 1.75. The van der Waals surface area contributed by atoms with Crippen molar-refractivity contribution in [3.05, 3.63) is 0 Å². The van der Waals surface area contributed by atoms with Crippen molar-refractivity contribution in [3.63, 3.8) is 0 Å². The van der Waals surface area contributed by atoms with E-state index in [0.29, 0.717) is 24.9 Å². The SMILES string of the molecule is C[C@@H]1C[C@H](C)CN(S(=O)(=O)Cl)C1. The van der Waals surface area contributed by atoms with E-state index in [2.05, 4.69) is 0 Å². The van der Waals surface area contributed by atoms with Crippen LogP contribution in [0.15, 0.2) is 0 Å². The lowest BCUT2D eigenvalue weighted by Gasteiger charge is -2.31. The first-order valence-electron chi connectivity index (χ1n) is 4.09. The Kier molecular flexibility index (Phi) is 3.01. The first-order valence-corrected chi connectivity index (χ1v) is 6.36. The van der Waals surface area contributed by atoms with E-state index < -0.39 is 9.24 Å². The van der Waals surface area contributed by atoms with Gasteiger partial charge in [-0.05, 0) is 18.3 Å². The van der Waals surface area contributed by atoms with Crippen molar-refractivity contribution in [2.24, 2.45) is 11.8 Å². The largest absolute Gasteiger partial charge is 0.299 e. The molecule has 1 fully saturated rings. The second-order valence-corrected chi connectivity index (χ2v) is 6.22. The van der Waals surface area contributed by atoms with Gasteiger partial charge in [0.15, 0.2) is 0 Å². The number of nitrogens with zero attached hydrogens (tertiary/aromatic N) is 1. The molecule has 0 aromatic rings. The average Bonchev–Trinajstić information content (AvgIpc) is 1.82. The van der Waals surface area contributed by atoms with Gasteiger partial charge in [0.2, 0.25) is 0 Å². The summed E-state index contributed by atoms with van der Waals surface area (Å²) < 4.78 is 23.3. The molecule has 0 bridgehead atoms. The minimum absolute atomic E-state index is 0.419. The number of hydrogen-bond donors (Lipinski definition) is 0. The molecule has 1 saturated heterocycles. The minimum atomic E-state index is -3.49. The summed E-state index contributed by atoms with van der Waals surface area (Å²) in [6.45, 7) is 5.22. The Labute approximate surface area is 78.3 Å². The maximum atomic E-state index is 11.0. The molecule has 0 N–H and O–H groups in total. The van der Waals surface area contributed by atoms with E-state index in [-0.39, 0.29) is 0 Å². The van der Waals surface area contributed by atoms with E-state index in [1.807, 2.05) is 13.8 Å². The van der Waals surface area contributed by atoms with Crippen LogP contribution in [0.1, 0.15) is 20.3 Å². The summed E-state index contributed by atoms with van der Waals surface area (Å²) in [5.74, 6) is 0.838. The van der Waals surface area contributed by atoms with E-state index in [4.69, 9.17) is 10.7 Å². The minimum Gasteiger partial charge on any atom is -0.195 e. The highest BCUT2D eigenvalue weighted by molar-refractivity contribution is 8.11. The van der Waals surface area contributed by atoms with Crippen LogP contribution in [-0.2, 0) is 9.24 Å². The predicted molar refractivity (Wildman–Crippen MR) is 49.3 cm³/mol. The molecule has 1 rings (SSSR count). The summed E-state index contributed by atoms with van der Waals surface area (Å²) in [6.07, 6.45) is 1.09. The number of piperidine rings is 1. The fourth-order valence-electron chi connectivity index (χ4n) is 1.78. The van der Waals surface area contributed by atoms with Gasteiger partial charge in [0.1, 0.15) is 0 Å². The average molecular weight is 212 g/mol. The molecule has 1 heterocycles. The second-order valence-electron chi connectivity index (χ2n) is 3.71. The van der Waals surface area contributed by atoms with Gasteiger partial charge >= 0.3 is 0 Å². The van der Waals surface area contributed by atoms with Crippen molar-refractivity contribution < 1.29 is 8.42 Å². The van der Waals surface area contributed by atoms with Crippen LogP contribution in [0, 0.1) is 11.8 Å². The molecule has 0 amide bonds. The van der Waals surface area contributed by atoms with Crippen LogP contribution in [0.2, 0.25) is 0 Å². The fraction of sp³-hybridized carbons (Fsp3) is 1.00. The van der Waals surface area contributed by atoms with Gasteiger partial charge in [-0.25, -0.2) is 0 Å². The lowest BCUT2D eigenvalue weighted by molar-refractivity contribution is 0.225. The lowest BCUT2D eigenvalue weighted by atomic mass is 9.94. The number of hydrogen-bond acceptors (Lipinski definition) is 2. The van der Waals surface area contributed by atoms with Crippen LogP contribution < -0.4 is 0 Å². The Morgan fingerprint density at radius 2 is 1.67 bits per heavy atom. The highest BCUT2D eigenvalue weighted by atomic mass is 35.7. The second kappa shape index (κ2) is 3.52. The fourth-order valence-corrected chi connectivity index (χ4v) is 2.99. The summed E-state index contributed by atoms with van der Waals surface area (Å²) >= 11 is 0. The van der Waals surface area contributed by atoms with Crippen LogP contribution in [0.3, 0.4) is 0 Å². The molecule has 0 spiro atoms. The quantitative estimate of drug-likeness (QED) is 0.616. The molecule has 0 aromatic carbocycles. The van der Waals surface area contributed by atoms with Crippen LogP contribution in [-0.4, -0.2) is 25.8 Å². The molecule has 5 heteroatoms. The molecule has 0 radical (unpaired) electrons. The van der Waals surface area contributed by atoms with Gasteiger partial charge in [-0.3, -0.25) is 0 Å². The Morgan fingerprint density at radius 1 is 1.25 bits per heavy atom. The zero-order chi connectivity index (χ0) is 9.35. The van der Waals surface area contributed by atoms with Crippen molar-refractivity contribution >= 4 is 19.9 Å². The molecule has 0 unspecified atom stereocenters. The van der Waals surface area contributed by atoms with Gasteiger partial charge in [-0.15, -0.1) is 0 Å². The van der Waals surface area contributed by atoms with Crippen molar-refractivity contribution in [2.75, 3.05) is 13.1 Å². The monoisotopic (exact) mass is 211 g/mol. The van der Waals surface area contributed by atoms with E-state index in [9.17, 15) is 8.42 Å². The summed E-state index contributed by atoms with van der Waals surface area (Å²) in [4.78, 5) is 0. The Hall–Kier alpha value is 0.200. The van der Waals surface area contributed by atoms with E-state index in [1.165, 1.54) is 4.31 Å². The third-order valence-corrected chi connectivity index (χ3v) is 3.64. The van der Waals surface area contributed by atoms with E-state index in [1.54, 1.807) is 0 Å². The molecular formula is C7H14ClNO2S. The molecule has 3 nitrogen and oxygen atoms in total. The molecule has 2 atom stereocenters. The molecule has 12 heavy (non-hydrogen) atoms. The Morgan fingerprint density at radius 3 is 2.00 bits per heavy atom. The van der Waals surface area contributed by atoms with Crippen LogP contribution in [0.5, 0.6) is 0 Å². The highest BCUT2D eigenvalue weighted by Gasteiger charge is 2.28. The third kappa shape index (κ3) is 2.61. The molecule has 72 valence electrons. The first-order chi connectivity index (χ1) is 5.39. The summed E-state index contributed by atoms with van der Waals surface area (Å²) in [6, 6.07) is 0. The molecular weight excluding hydrogens is 198 g/mol. The van der Waals surface area contributed by atoms with E-state index >= 15 is 0 Å². The maximum Gasteiger partial charge on any atom is 0.299 e. The normalized spacial score (nSPS) is 33.6.